The van der Waals surface area contributed by atoms with Gasteiger partial charge in [-0.15, -0.1) is 0 Å². The summed E-state index contributed by atoms with van der Waals surface area (Å²) in [7, 11) is -0.0982. The molecule has 144 valence electrons. The van der Waals surface area contributed by atoms with Crippen molar-refractivity contribution in [3.05, 3.63) is 0 Å². The molecule has 0 saturated heterocycles. The van der Waals surface area contributed by atoms with Crippen molar-refractivity contribution in [2.24, 2.45) is 11.3 Å². The van der Waals surface area contributed by atoms with Gasteiger partial charge in [0, 0.05) is 0 Å². The summed E-state index contributed by atoms with van der Waals surface area (Å²) in [6, 6.07) is 0. The van der Waals surface area contributed by atoms with E-state index in [-0.39, 0.29) is 37.1 Å². The second-order valence-corrected chi connectivity index (χ2v) is 9.40. The SMILES string of the molecule is CC[N+](C)(C)CCOP(=O)(O)OCCOC(=O)C(C)CC(C)(C)C. The van der Waals surface area contributed by atoms with Crippen LogP contribution in [0.15, 0.2) is 0 Å². The summed E-state index contributed by atoms with van der Waals surface area (Å²) in [6.45, 7) is 11.4. The lowest BCUT2D eigenvalue weighted by Crippen LogP contribution is -2.41. The molecule has 2 unspecified atom stereocenters. The maximum atomic E-state index is 11.8. The van der Waals surface area contributed by atoms with Crippen molar-refractivity contribution in [1.82, 2.24) is 0 Å². The number of ether oxygens (including phenoxy) is 1. The predicted octanol–water partition coefficient (Wildman–Crippen LogP) is 2.83. The van der Waals surface area contributed by atoms with Gasteiger partial charge in [0.15, 0.2) is 0 Å². The average molecular weight is 368 g/mol. The molecule has 0 radical (unpaired) electrons. The number of carbonyl (C=O) groups is 1. The van der Waals surface area contributed by atoms with Crippen LogP contribution in [0.25, 0.3) is 0 Å². The van der Waals surface area contributed by atoms with E-state index in [2.05, 4.69) is 20.8 Å². The van der Waals surface area contributed by atoms with Crippen LogP contribution in [0.2, 0.25) is 0 Å². The Hall–Kier alpha value is -0.460. The quantitative estimate of drug-likeness (QED) is 0.261. The minimum Gasteiger partial charge on any atom is -0.463 e. The Bertz CT molecular complexity index is 433. The molecule has 0 aromatic carbocycles. The normalized spacial score (nSPS) is 16.5. The fourth-order valence-corrected chi connectivity index (χ4v) is 2.73. The Kier molecular flexibility index (Phi) is 9.69. The Balaban J connectivity index is 4.01. The number of likely N-dealkylation sites (N-methyl/N-ethyl adjacent to an activating group) is 1. The van der Waals surface area contributed by atoms with Gasteiger partial charge < -0.3 is 14.1 Å². The molecule has 0 aliphatic heterocycles. The average Bonchev–Trinajstić information content (AvgIpc) is 2.41. The molecule has 1 N–H and O–H groups in total. The van der Waals surface area contributed by atoms with Crippen LogP contribution >= 0.6 is 7.82 Å². The van der Waals surface area contributed by atoms with Crippen molar-refractivity contribution in [1.29, 1.82) is 0 Å². The molecule has 0 aromatic rings. The topological polar surface area (TPSA) is 82.1 Å². The Morgan fingerprint density at radius 2 is 1.71 bits per heavy atom. The number of nitrogens with zero attached hydrogens (tertiary/aromatic N) is 1. The third-order valence-electron chi connectivity index (χ3n) is 3.71. The first-order valence-electron chi connectivity index (χ1n) is 8.38. The molecular formula is C16H35NO6P+. The van der Waals surface area contributed by atoms with E-state index < -0.39 is 7.82 Å². The van der Waals surface area contributed by atoms with Crippen LogP contribution in [0.3, 0.4) is 0 Å². The molecule has 0 bridgehead atoms. The summed E-state index contributed by atoms with van der Waals surface area (Å²) in [4.78, 5) is 21.4. The zero-order valence-electron chi connectivity index (χ0n) is 16.2. The molecule has 0 aliphatic carbocycles. The van der Waals surface area contributed by atoms with Crippen molar-refractivity contribution in [3.63, 3.8) is 0 Å². The van der Waals surface area contributed by atoms with Gasteiger partial charge in [-0.1, -0.05) is 27.7 Å². The number of phosphoric acid groups is 1. The third-order valence-corrected chi connectivity index (χ3v) is 4.73. The van der Waals surface area contributed by atoms with Crippen LogP contribution in [0.4, 0.5) is 0 Å². The molecule has 0 spiro atoms. The van der Waals surface area contributed by atoms with E-state index in [4.69, 9.17) is 13.8 Å². The first-order valence-corrected chi connectivity index (χ1v) is 9.88. The fourth-order valence-electron chi connectivity index (χ4n) is 2.04. The molecule has 0 rings (SSSR count). The van der Waals surface area contributed by atoms with Crippen LogP contribution in [0.5, 0.6) is 0 Å². The Morgan fingerprint density at radius 1 is 1.17 bits per heavy atom. The number of carbonyl (C=O) groups excluding carboxylic acids is 1. The summed E-state index contributed by atoms with van der Waals surface area (Å²) in [5.41, 5.74) is 0.0361. The van der Waals surface area contributed by atoms with Gasteiger partial charge >= 0.3 is 13.8 Å². The minimum absolute atomic E-state index is 0.0361. The molecule has 2 atom stereocenters. The molecule has 24 heavy (non-hydrogen) atoms. The Labute approximate surface area is 146 Å². The molecule has 0 saturated carbocycles. The highest BCUT2D eigenvalue weighted by Gasteiger charge is 2.24. The van der Waals surface area contributed by atoms with Crippen LogP contribution in [0, 0.1) is 11.3 Å². The van der Waals surface area contributed by atoms with Gasteiger partial charge in [-0.25, -0.2) is 4.57 Å². The summed E-state index contributed by atoms with van der Waals surface area (Å²) < 4.78 is 27.2. The number of rotatable bonds is 11. The fraction of sp³-hybridized carbons (Fsp3) is 0.938. The van der Waals surface area contributed by atoms with Crippen molar-refractivity contribution in [2.75, 3.05) is 47.0 Å². The van der Waals surface area contributed by atoms with Crippen molar-refractivity contribution >= 4 is 13.8 Å². The molecule has 7 nitrogen and oxygen atoms in total. The lowest BCUT2D eigenvalue weighted by Gasteiger charge is -2.28. The number of hydrogen-bond acceptors (Lipinski definition) is 5. The zero-order valence-corrected chi connectivity index (χ0v) is 17.1. The van der Waals surface area contributed by atoms with E-state index in [0.717, 1.165) is 6.54 Å². The number of hydrogen-bond donors (Lipinski definition) is 1. The molecule has 0 aliphatic rings. The summed E-state index contributed by atoms with van der Waals surface area (Å²) in [5.74, 6) is -0.555. The standard InChI is InChI=1S/C16H34NO6P/c1-8-17(6,7)9-10-22-24(19,20)23-12-11-21-15(18)14(2)13-16(3,4)5/h14H,8-13H2,1-7H3/p+1. The highest BCUT2D eigenvalue weighted by molar-refractivity contribution is 7.47. The van der Waals surface area contributed by atoms with Crippen molar-refractivity contribution < 1.29 is 32.5 Å². The van der Waals surface area contributed by atoms with E-state index >= 15 is 0 Å². The van der Waals surface area contributed by atoms with Gasteiger partial charge in [0.1, 0.15) is 19.8 Å². The summed E-state index contributed by atoms with van der Waals surface area (Å²) in [5, 5.41) is 0. The van der Waals surface area contributed by atoms with Gasteiger partial charge in [0.2, 0.25) is 0 Å². The summed E-state index contributed by atoms with van der Waals surface area (Å²) in [6.07, 6.45) is 0.708. The van der Waals surface area contributed by atoms with E-state index in [9.17, 15) is 14.3 Å². The highest BCUT2D eigenvalue weighted by atomic mass is 31.2. The minimum atomic E-state index is -4.11. The van der Waals surface area contributed by atoms with Crippen LogP contribution in [0.1, 0.15) is 41.0 Å². The van der Waals surface area contributed by atoms with E-state index in [1.807, 2.05) is 27.9 Å². The molecule has 0 heterocycles. The van der Waals surface area contributed by atoms with E-state index in [1.54, 1.807) is 0 Å². The number of quaternary nitrogens is 1. The maximum Gasteiger partial charge on any atom is 0.472 e. The van der Waals surface area contributed by atoms with Crippen molar-refractivity contribution in [3.8, 4) is 0 Å². The zero-order chi connectivity index (χ0) is 19.0. The number of esters is 1. The van der Waals surface area contributed by atoms with Gasteiger partial charge in [-0.05, 0) is 18.8 Å². The second kappa shape index (κ2) is 9.88. The maximum absolute atomic E-state index is 11.8. The smallest absolute Gasteiger partial charge is 0.463 e. The van der Waals surface area contributed by atoms with Crippen molar-refractivity contribution in [2.45, 2.75) is 41.0 Å². The lowest BCUT2D eigenvalue weighted by molar-refractivity contribution is -0.888. The van der Waals surface area contributed by atoms with E-state index in [0.29, 0.717) is 17.4 Å². The molecular weight excluding hydrogens is 333 g/mol. The summed E-state index contributed by atoms with van der Waals surface area (Å²) >= 11 is 0. The van der Waals surface area contributed by atoms with Crippen LogP contribution in [-0.2, 0) is 23.1 Å². The number of phosphoric ester groups is 1. The molecule has 0 aromatic heterocycles. The first kappa shape index (κ1) is 23.5. The van der Waals surface area contributed by atoms with Gasteiger partial charge in [0.05, 0.1) is 33.2 Å². The highest BCUT2D eigenvalue weighted by Crippen LogP contribution is 2.42. The van der Waals surface area contributed by atoms with Gasteiger partial charge in [-0.2, -0.15) is 0 Å². The lowest BCUT2D eigenvalue weighted by atomic mass is 9.85. The monoisotopic (exact) mass is 368 g/mol. The van der Waals surface area contributed by atoms with Crippen LogP contribution < -0.4 is 0 Å². The Morgan fingerprint density at radius 3 is 2.21 bits per heavy atom. The van der Waals surface area contributed by atoms with Crippen LogP contribution in [-0.4, -0.2) is 62.4 Å². The molecule has 0 amide bonds. The first-order chi connectivity index (χ1) is 10.8. The van der Waals surface area contributed by atoms with E-state index in [1.165, 1.54) is 0 Å². The second-order valence-electron chi connectivity index (χ2n) is 7.94. The third kappa shape index (κ3) is 12.0. The van der Waals surface area contributed by atoms with Gasteiger partial charge in [0.25, 0.3) is 0 Å². The largest absolute Gasteiger partial charge is 0.472 e. The molecule has 8 heteroatoms. The predicted molar refractivity (Wildman–Crippen MR) is 93.4 cm³/mol. The van der Waals surface area contributed by atoms with Gasteiger partial charge in [-0.3, -0.25) is 13.8 Å². The molecule has 0 fully saturated rings.